The highest BCUT2D eigenvalue weighted by molar-refractivity contribution is 5.75. The van der Waals surface area contributed by atoms with Crippen molar-refractivity contribution in [1.82, 2.24) is 9.13 Å². The first kappa shape index (κ1) is 11.4. The van der Waals surface area contributed by atoms with Crippen LogP contribution >= 0.6 is 0 Å². The van der Waals surface area contributed by atoms with Gasteiger partial charge in [0.25, 0.3) is 5.56 Å². The number of hydrogen-bond acceptors (Lipinski definition) is 3. The smallest absolute Gasteiger partial charge is 0.300 e. The summed E-state index contributed by atoms with van der Waals surface area (Å²) in [6.45, 7) is 3.69. The number of aryl methyl sites for hydroxylation is 1. The second kappa shape index (κ2) is 4.72. The lowest BCUT2D eigenvalue weighted by Crippen LogP contribution is -2.40. The van der Waals surface area contributed by atoms with Gasteiger partial charge in [-0.2, -0.15) is 0 Å². The van der Waals surface area contributed by atoms with E-state index < -0.39 is 11.2 Å². The fourth-order valence-corrected chi connectivity index (χ4v) is 1.34. The lowest BCUT2D eigenvalue weighted by Gasteiger charge is -2.06. The molecular formula is C10H14N2O3. The van der Waals surface area contributed by atoms with E-state index in [9.17, 15) is 14.4 Å². The van der Waals surface area contributed by atoms with Gasteiger partial charge in [0.2, 0.25) is 0 Å². The fourth-order valence-electron chi connectivity index (χ4n) is 1.34. The number of rotatable bonds is 4. The van der Waals surface area contributed by atoms with Gasteiger partial charge in [-0.05, 0) is 13.3 Å². The van der Waals surface area contributed by atoms with Crippen molar-refractivity contribution in [3.8, 4) is 0 Å². The first-order chi connectivity index (χ1) is 7.06. The molecule has 0 saturated carbocycles. The maximum absolute atomic E-state index is 11.7. The molecule has 15 heavy (non-hydrogen) atoms. The number of ketones is 1. The zero-order chi connectivity index (χ0) is 11.4. The first-order valence-corrected chi connectivity index (χ1v) is 4.86. The van der Waals surface area contributed by atoms with Crippen molar-refractivity contribution in [2.75, 3.05) is 0 Å². The van der Waals surface area contributed by atoms with E-state index in [4.69, 9.17) is 0 Å². The van der Waals surface area contributed by atoms with Crippen LogP contribution in [-0.2, 0) is 17.9 Å². The van der Waals surface area contributed by atoms with Crippen molar-refractivity contribution in [3.05, 3.63) is 33.1 Å². The summed E-state index contributed by atoms with van der Waals surface area (Å²) in [5, 5.41) is 0. The molecule has 0 bridgehead atoms. The van der Waals surface area contributed by atoms with E-state index in [2.05, 4.69) is 0 Å². The van der Waals surface area contributed by atoms with Crippen molar-refractivity contribution >= 4 is 5.78 Å². The first-order valence-electron chi connectivity index (χ1n) is 4.86. The van der Waals surface area contributed by atoms with Gasteiger partial charge in [-0.3, -0.25) is 14.2 Å². The second-order valence-electron chi connectivity index (χ2n) is 3.42. The van der Waals surface area contributed by atoms with Gasteiger partial charge in [0.15, 0.2) is 0 Å². The maximum Gasteiger partial charge on any atom is 0.331 e. The topological polar surface area (TPSA) is 61.1 Å². The average Bonchev–Trinajstić information content (AvgIpc) is 2.17. The van der Waals surface area contributed by atoms with E-state index in [-0.39, 0.29) is 12.3 Å². The highest BCUT2D eigenvalue weighted by Gasteiger charge is 2.05. The Morgan fingerprint density at radius 2 is 2.07 bits per heavy atom. The molecule has 82 valence electrons. The Hall–Kier alpha value is -1.65. The molecule has 0 unspecified atom stereocenters. The number of Topliss-reactive ketones (excluding diaryl/α,β-unsaturated/α-hetero) is 1. The number of carbonyl (C=O) groups is 1. The van der Waals surface area contributed by atoms with Gasteiger partial charge in [-0.15, -0.1) is 0 Å². The van der Waals surface area contributed by atoms with Gasteiger partial charge < -0.3 is 4.57 Å². The molecular weight excluding hydrogens is 196 g/mol. The molecule has 1 rings (SSSR count). The number of nitrogens with zero attached hydrogens (tertiary/aromatic N) is 2. The molecule has 0 saturated heterocycles. The molecule has 0 aliphatic rings. The normalized spacial score (nSPS) is 10.3. The zero-order valence-electron chi connectivity index (χ0n) is 8.90. The Morgan fingerprint density at radius 1 is 1.40 bits per heavy atom. The Balaban J connectivity index is 3.24. The van der Waals surface area contributed by atoms with Gasteiger partial charge in [0, 0.05) is 18.8 Å². The SMILES string of the molecule is CCCn1ccc(=O)n(CC(C)=O)c1=O. The summed E-state index contributed by atoms with van der Waals surface area (Å²) in [5.74, 6) is -0.205. The molecule has 0 fully saturated rings. The Kier molecular flexibility index (Phi) is 3.60. The molecule has 0 atom stereocenters. The molecule has 0 aliphatic carbocycles. The monoisotopic (exact) mass is 210 g/mol. The van der Waals surface area contributed by atoms with Gasteiger partial charge in [-0.25, -0.2) is 4.79 Å². The van der Waals surface area contributed by atoms with Crippen molar-refractivity contribution in [2.24, 2.45) is 0 Å². The molecule has 1 heterocycles. The standard InChI is InChI=1S/C10H14N2O3/c1-3-5-11-6-4-9(14)12(10(11)15)7-8(2)13/h4,6H,3,5,7H2,1-2H3. The number of hydrogen-bond donors (Lipinski definition) is 0. The van der Waals surface area contributed by atoms with Crippen LogP contribution in [0.15, 0.2) is 21.9 Å². The zero-order valence-corrected chi connectivity index (χ0v) is 8.90. The summed E-state index contributed by atoms with van der Waals surface area (Å²) in [4.78, 5) is 33.9. The third-order valence-corrected chi connectivity index (χ3v) is 1.98. The number of carbonyl (C=O) groups excluding carboxylic acids is 1. The van der Waals surface area contributed by atoms with Crippen molar-refractivity contribution in [2.45, 2.75) is 33.4 Å². The van der Waals surface area contributed by atoms with E-state index in [1.165, 1.54) is 23.8 Å². The van der Waals surface area contributed by atoms with E-state index in [1.54, 1.807) is 0 Å². The molecule has 5 nitrogen and oxygen atoms in total. The lowest BCUT2D eigenvalue weighted by atomic mass is 10.4. The Labute approximate surface area is 87.0 Å². The van der Waals surface area contributed by atoms with Crippen molar-refractivity contribution in [1.29, 1.82) is 0 Å². The molecule has 0 amide bonds. The van der Waals surface area contributed by atoms with Gasteiger partial charge in [0.1, 0.15) is 5.78 Å². The molecule has 0 radical (unpaired) electrons. The quantitative estimate of drug-likeness (QED) is 0.703. The Bertz CT molecular complexity index is 470. The summed E-state index contributed by atoms with van der Waals surface area (Å²) in [6, 6.07) is 1.31. The van der Waals surface area contributed by atoms with Crippen LogP contribution in [0.3, 0.4) is 0 Å². The maximum atomic E-state index is 11.7. The third-order valence-electron chi connectivity index (χ3n) is 1.98. The molecule has 0 spiro atoms. The predicted octanol–water partition coefficient (Wildman–Crippen LogP) is 0.00900. The van der Waals surface area contributed by atoms with Crippen LogP contribution in [0.5, 0.6) is 0 Å². The lowest BCUT2D eigenvalue weighted by molar-refractivity contribution is -0.117. The minimum Gasteiger partial charge on any atom is -0.300 e. The Morgan fingerprint density at radius 3 is 2.60 bits per heavy atom. The van der Waals surface area contributed by atoms with E-state index >= 15 is 0 Å². The highest BCUT2D eigenvalue weighted by Crippen LogP contribution is 1.84. The summed E-state index contributed by atoms with van der Waals surface area (Å²) in [5.41, 5.74) is -0.845. The molecule has 1 aromatic rings. The van der Waals surface area contributed by atoms with Crippen molar-refractivity contribution < 1.29 is 4.79 Å². The second-order valence-corrected chi connectivity index (χ2v) is 3.42. The minimum absolute atomic E-state index is 0.151. The van der Waals surface area contributed by atoms with Gasteiger partial charge in [0.05, 0.1) is 6.54 Å². The fraction of sp³-hybridized carbons (Fsp3) is 0.500. The highest BCUT2D eigenvalue weighted by atomic mass is 16.2. The molecule has 1 aromatic heterocycles. The molecule has 0 N–H and O–H groups in total. The summed E-state index contributed by atoms with van der Waals surface area (Å²) < 4.78 is 2.39. The summed E-state index contributed by atoms with van der Waals surface area (Å²) in [6.07, 6.45) is 2.27. The third kappa shape index (κ3) is 2.65. The largest absolute Gasteiger partial charge is 0.331 e. The minimum atomic E-state index is -0.428. The van der Waals surface area contributed by atoms with Crippen molar-refractivity contribution in [3.63, 3.8) is 0 Å². The van der Waals surface area contributed by atoms with E-state index in [0.717, 1.165) is 11.0 Å². The number of aromatic nitrogens is 2. The predicted molar refractivity (Wildman–Crippen MR) is 55.9 cm³/mol. The van der Waals surface area contributed by atoms with Gasteiger partial charge >= 0.3 is 5.69 Å². The van der Waals surface area contributed by atoms with Crippen LogP contribution < -0.4 is 11.2 Å². The van der Waals surface area contributed by atoms with Crippen LogP contribution in [0, 0.1) is 0 Å². The van der Waals surface area contributed by atoms with Crippen LogP contribution in [0.2, 0.25) is 0 Å². The average molecular weight is 210 g/mol. The van der Waals surface area contributed by atoms with Crippen LogP contribution in [0.1, 0.15) is 20.3 Å². The summed E-state index contributed by atoms with van der Waals surface area (Å²) in [7, 11) is 0. The van der Waals surface area contributed by atoms with E-state index in [0.29, 0.717) is 6.54 Å². The molecule has 0 aliphatic heterocycles. The van der Waals surface area contributed by atoms with E-state index in [1.807, 2.05) is 6.92 Å². The molecule has 0 aromatic carbocycles. The van der Waals surface area contributed by atoms with Crippen LogP contribution in [0.4, 0.5) is 0 Å². The van der Waals surface area contributed by atoms with Crippen LogP contribution in [0.25, 0.3) is 0 Å². The molecule has 5 heteroatoms. The van der Waals surface area contributed by atoms with Crippen LogP contribution in [-0.4, -0.2) is 14.9 Å². The summed E-state index contributed by atoms with van der Waals surface area (Å²) >= 11 is 0. The van der Waals surface area contributed by atoms with Gasteiger partial charge in [-0.1, -0.05) is 6.92 Å².